The van der Waals surface area contributed by atoms with Crippen molar-refractivity contribution in [3.05, 3.63) is 57.3 Å². The van der Waals surface area contributed by atoms with E-state index >= 15 is 0 Å². The van der Waals surface area contributed by atoms with E-state index in [1.54, 1.807) is 0 Å². The average molecular weight is 401 g/mol. The first kappa shape index (κ1) is 19.2. The standard InChI is InChI=1S/C18H15N3O6S/c1-21-15(23)12-5-4-10(7-13(12)16(21)24)17(25)27-9-14(22)20-18(26)19-8-11-3-2-6-28-11/h2-7H,8-9H2,1H3,(H2,19,20,22,26). The van der Waals surface area contributed by atoms with Crippen LogP contribution in [-0.4, -0.2) is 48.3 Å². The SMILES string of the molecule is CN1C(=O)c2ccc(C(=O)OCC(=O)NC(=O)NCc3cccs3)cc2C1=O. The Hall–Kier alpha value is -3.53. The molecule has 0 unspecified atom stereocenters. The van der Waals surface area contributed by atoms with E-state index in [4.69, 9.17) is 4.74 Å². The van der Waals surface area contributed by atoms with E-state index in [9.17, 15) is 24.0 Å². The van der Waals surface area contributed by atoms with Crippen LogP contribution in [-0.2, 0) is 16.1 Å². The maximum absolute atomic E-state index is 12.1. The van der Waals surface area contributed by atoms with Gasteiger partial charge in [0.1, 0.15) is 0 Å². The number of imide groups is 2. The number of nitrogens with zero attached hydrogens (tertiary/aromatic N) is 1. The molecule has 0 bridgehead atoms. The third-order valence-electron chi connectivity index (χ3n) is 3.92. The number of esters is 1. The summed E-state index contributed by atoms with van der Waals surface area (Å²) in [7, 11) is 1.34. The number of benzene rings is 1. The fourth-order valence-corrected chi connectivity index (χ4v) is 3.13. The largest absolute Gasteiger partial charge is 0.452 e. The first-order valence-electron chi connectivity index (χ1n) is 8.10. The van der Waals surface area contributed by atoms with E-state index in [1.807, 2.05) is 22.8 Å². The molecule has 1 aliphatic rings. The lowest BCUT2D eigenvalue weighted by Gasteiger charge is -2.07. The molecule has 144 valence electrons. The minimum Gasteiger partial charge on any atom is -0.452 e. The van der Waals surface area contributed by atoms with Gasteiger partial charge in [-0.25, -0.2) is 9.59 Å². The molecule has 0 radical (unpaired) electrons. The van der Waals surface area contributed by atoms with Crippen molar-refractivity contribution >= 4 is 41.1 Å². The number of ether oxygens (including phenoxy) is 1. The highest BCUT2D eigenvalue weighted by molar-refractivity contribution is 7.09. The molecular formula is C18H15N3O6S. The second-order valence-electron chi connectivity index (χ2n) is 5.82. The summed E-state index contributed by atoms with van der Waals surface area (Å²) in [6, 6.07) is 6.89. The minimum absolute atomic E-state index is 0.0187. The van der Waals surface area contributed by atoms with Crippen LogP contribution < -0.4 is 10.6 Å². The number of thiophene rings is 1. The predicted molar refractivity (Wildman–Crippen MR) is 97.8 cm³/mol. The average Bonchev–Trinajstić information content (AvgIpc) is 3.28. The number of hydrogen-bond acceptors (Lipinski definition) is 7. The van der Waals surface area contributed by atoms with Crippen molar-refractivity contribution in [3.63, 3.8) is 0 Å². The Morgan fingerprint density at radius 2 is 1.86 bits per heavy atom. The van der Waals surface area contributed by atoms with Crippen molar-refractivity contribution in [2.24, 2.45) is 0 Å². The summed E-state index contributed by atoms with van der Waals surface area (Å²) in [5.41, 5.74) is 0.314. The van der Waals surface area contributed by atoms with Gasteiger partial charge in [0, 0.05) is 11.9 Å². The number of carbonyl (C=O) groups excluding carboxylic acids is 5. The number of carbonyl (C=O) groups is 5. The molecule has 9 nitrogen and oxygen atoms in total. The Labute approximate surface area is 163 Å². The summed E-state index contributed by atoms with van der Waals surface area (Å²) in [4.78, 5) is 61.1. The minimum atomic E-state index is -0.855. The molecule has 0 saturated heterocycles. The second-order valence-corrected chi connectivity index (χ2v) is 6.85. The van der Waals surface area contributed by atoms with Gasteiger partial charge in [-0.3, -0.25) is 24.6 Å². The summed E-state index contributed by atoms with van der Waals surface area (Å²) in [6.45, 7) is -0.401. The molecule has 2 aromatic rings. The van der Waals surface area contributed by atoms with Gasteiger partial charge in [0.25, 0.3) is 17.7 Å². The highest BCUT2D eigenvalue weighted by atomic mass is 32.1. The Morgan fingerprint density at radius 1 is 1.11 bits per heavy atom. The highest BCUT2D eigenvalue weighted by Gasteiger charge is 2.33. The van der Waals surface area contributed by atoms with E-state index in [-0.39, 0.29) is 23.2 Å². The van der Waals surface area contributed by atoms with Crippen LogP contribution in [0.15, 0.2) is 35.7 Å². The Kier molecular flexibility index (Phi) is 5.50. The van der Waals surface area contributed by atoms with Crippen LogP contribution in [0.2, 0.25) is 0 Å². The number of nitrogens with one attached hydrogen (secondary N) is 2. The Bertz CT molecular complexity index is 970. The van der Waals surface area contributed by atoms with Crippen molar-refractivity contribution in [2.45, 2.75) is 6.54 Å². The van der Waals surface area contributed by atoms with Gasteiger partial charge in [-0.1, -0.05) is 6.07 Å². The Balaban J connectivity index is 1.50. The summed E-state index contributed by atoms with van der Waals surface area (Å²) >= 11 is 1.46. The number of urea groups is 1. The van der Waals surface area contributed by atoms with Crippen molar-refractivity contribution < 1.29 is 28.7 Å². The van der Waals surface area contributed by atoms with Crippen molar-refractivity contribution in [1.82, 2.24) is 15.5 Å². The van der Waals surface area contributed by atoms with Gasteiger partial charge >= 0.3 is 12.0 Å². The molecule has 1 aliphatic heterocycles. The lowest BCUT2D eigenvalue weighted by Crippen LogP contribution is -2.41. The van der Waals surface area contributed by atoms with Crippen molar-refractivity contribution in [3.8, 4) is 0 Å². The van der Waals surface area contributed by atoms with E-state index < -0.39 is 36.3 Å². The second kappa shape index (κ2) is 8.01. The van der Waals surface area contributed by atoms with Crippen LogP contribution in [0.5, 0.6) is 0 Å². The smallest absolute Gasteiger partial charge is 0.338 e. The van der Waals surface area contributed by atoms with Gasteiger partial charge in [-0.15, -0.1) is 11.3 Å². The van der Waals surface area contributed by atoms with Crippen LogP contribution in [0.1, 0.15) is 36.0 Å². The molecule has 0 saturated carbocycles. The van der Waals surface area contributed by atoms with Gasteiger partial charge in [0.05, 0.1) is 23.2 Å². The lowest BCUT2D eigenvalue weighted by atomic mass is 10.1. The third kappa shape index (κ3) is 4.07. The zero-order valence-electron chi connectivity index (χ0n) is 14.7. The van der Waals surface area contributed by atoms with Gasteiger partial charge in [0.15, 0.2) is 6.61 Å². The van der Waals surface area contributed by atoms with E-state index in [0.29, 0.717) is 0 Å². The molecule has 10 heteroatoms. The van der Waals surface area contributed by atoms with Crippen molar-refractivity contribution in [1.29, 1.82) is 0 Å². The van der Waals surface area contributed by atoms with E-state index in [0.717, 1.165) is 9.78 Å². The van der Waals surface area contributed by atoms with Crippen LogP contribution in [0.25, 0.3) is 0 Å². The molecule has 5 amide bonds. The van der Waals surface area contributed by atoms with E-state index in [2.05, 4.69) is 5.32 Å². The predicted octanol–water partition coefficient (Wildman–Crippen LogP) is 1.16. The fraction of sp³-hybridized carbons (Fsp3) is 0.167. The third-order valence-corrected chi connectivity index (χ3v) is 4.79. The molecular weight excluding hydrogens is 386 g/mol. The summed E-state index contributed by atoms with van der Waals surface area (Å²) in [5.74, 6) is -2.63. The van der Waals surface area contributed by atoms with Crippen LogP contribution in [0.3, 0.4) is 0 Å². The highest BCUT2D eigenvalue weighted by Crippen LogP contribution is 2.23. The van der Waals surface area contributed by atoms with Gasteiger partial charge in [-0.2, -0.15) is 0 Å². The molecule has 28 heavy (non-hydrogen) atoms. The summed E-state index contributed by atoms with van der Waals surface area (Å²) in [6.07, 6.45) is 0. The van der Waals surface area contributed by atoms with Crippen LogP contribution in [0, 0.1) is 0 Å². The number of rotatable bonds is 5. The van der Waals surface area contributed by atoms with Crippen LogP contribution >= 0.6 is 11.3 Å². The lowest BCUT2D eigenvalue weighted by molar-refractivity contribution is -0.123. The first-order chi connectivity index (χ1) is 13.4. The molecule has 1 aromatic carbocycles. The molecule has 0 spiro atoms. The molecule has 2 heterocycles. The topological polar surface area (TPSA) is 122 Å². The molecule has 0 atom stereocenters. The summed E-state index contributed by atoms with van der Waals surface area (Å²) in [5, 5.41) is 6.41. The van der Waals surface area contributed by atoms with Crippen molar-refractivity contribution in [2.75, 3.05) is 13.7 Å². The monoisotopic (exact) mass is 401 g/mol. The normalized spacial score (nSPS) is 12.5. The maximum Gasteiger partial charge on any atom is 0.338 e. The first-order valence-corrected chi connectivity index (χ1v) is 8.98. The summed E-state index contributed by atoms with van der Waals surface area (Å²) < 4.78 is 4.85. The molecule has 0 fully saturated rings. The molecule has 0 aliphatic carbocycles. The molecule has 2 N–H and O–H groups in total. The Morgan fingerprint density at radius 3 is 2.57 bits per heavy atom. The molecule has 1 aromatic heterocycles. The van der Waals surface area contributed by atoms with E-state index in [1.165, 1.54) is 36.6 Å². The van der Waals surface area contributed by atoms with Crippen LogP contribution in [0.4, 0.5) is 4.79 Å². The maximum atomic E-state index is 12.1. The molecule has 3 rings (SSSR count). The number of fused-ring (bicyclic) bond motifs is 1. The van der Waals surface area contributed by atoms with Gasteiger partial charge in [0.2, 0.25) is 0 Å². The zero-order chi connectivity index (χ0) is 20.3. The fourth-order valence-electron chi connectivity index (χ4n) is 2.49. The quantitative estimate of drug-likeness (QED) is 0.573. The van der Waals surface area contributed by atoms with Gasteiger partial charge in [-0.05, 0) is 29.6 Å². The zero-order valence-corrected chi connectivity index (χ0v) is 15.5. The number of hydrogen-bond donors (Lipinski definition) is 2. The number of amides is 5. The van der Waals surface area contributed by atoms with Gasteiger partial charge < -0.3 is 10.1 Å².